The number of hydrogen-bond donors (Lipinski definition) is 1. The van der Waals surface area contributed by atoms with Crippen molar-refractivity contribution >= 4 is 18.3 Å². The normalized spacial score (nSPS) is 11.1. The SMILES string of the molecule is C=CCN(Cc1ccc(OC)cc1)C(=O)CC(N)c1ccccc1.Cl. The molecule has 25 heavy (non-hydrogen) atoms. The average molecular weight is 361 g/mol. The maximum atomic E-state index is 12.6. The van der Waals surface area contributed by atoms with E-state index in [4.69, 9.17) is 10.5 Å². The van der Waals surface area contributed by atoms with Crippen molar-refractivity contribution in [2.45, 2.75) is 19.0 Å². The molecule has 2 N–H and O–H groups in total. The van der Waals surface area contributed by atoms with Crippen molar-refractivity contribution in [2.24, 2.45) is 5.73 Å². The summed E-state index contributed by atoms with van der Waals surface area (Å²) < 4.78 is 5.16. The van der Waals surface area contributed by atoms with Crippen molar-refractivity contribution in [1.29, 1.82) is 0 Å². The van der Waals surface area contributed by atoms with Crippen LogP contribution in [0.25, 0.3) is 0 Å². The van der Waals surface area contributed by atoms with Crippen LogP contribution in [0.1, 0.15) is 23.6 Å². The van der Waals surface area contributed by atoms with Gasteiger partial charge in [0.25, 0.3) is 0 Å². The van der Waals surface area contributed by atoms with Gasteiger partial charge in [-0.05, 0) is 23.3 Å². The van der Waals surface area contributed by atoms with Crippen LogP contribution in [-0.4, -0.2) is 24.5 Å². The molecule has 0 aliphatic heterocycles. The molecule has 0 spiro atoms. The molecule has 2 rings (SSSR count). The van der Waals surface area contributed by atoms with Crippen molar-refractivity contribution in [1.82, 2.24) is 4.90 Å². The molecule has 0 aliphatic carbocycles. The first-order valence-electron chi connectivity index (χ1n) is 7.96. The zero-order chi connectivity index (χ0) is 17.4. The Balaban J connectivity index is 0.00000312. The maximum absolute atomic E-state index is 12.6. The molecular weight excluding hydrogens is 336 g/mol. The molecule has 0 saturated carbocycles. The summed E-state index contributed by atoms with van der Waals surface area (Å²) in [5.74, 6) is 0.813. The van der Waals surface area contributed by atoms with Gasteiger partial charge in [-0.25, -0.2) is 0 Å². The summed E-state index contributed by atoms with van der Waals surface area (Å²) in [6.07, 6.45) is 2.00. The van der Waals surface area contributed by atoms with Gasteiger partial charge in [-0.2, -0.15) is 0 Å². The van der Waals surface area contributed by atoms with Gasteiger partial charge in [-0.3, -0.25) is 4.79 Å². The number of amides is 1. The second kappa shape index (κ2) is 10.5. The lowest BCUT2D eigenvalue weighted by atomic mass is 10.0. The molecule has 0 bridgehead atoms. The summed E-state index contributed by atoms with van der Waals surface area (Å²) in [6, 6.07) is 17.1. The van der Waals surface area contributed by atoms with E-state index in [2.05, 4.69) is 6.58 Å². The number of carbonyl (C=O) groups excluding carboxylic acids is 1. The molecule has 0 radical (unpaired) electrons. The van der Waals surface area contributed by atoms with E-state index in [1.807, 2.05) is 54.6 Å². The molecule has 2 aromatic carbocycles. The molecule has 0 saturated heterocycles. The summed E-state index contributed by atoms with van der Waals surface area (Å²) in [6.45, 7) is 4.76. The first-order valence-corrected chi connectivity index (χ1v) is 7.96. The number of ether oxygens (including phenoxy) is 1. The molecule has 0 aromatic heterocycles. The summed E-state index contributed by atoms with van der Waals surface area (Å²) in [7, 11) is 1.63. The molecule has 0 heterocycles. The standard InChI is InChI=1S/C20H24N2O2.ClH/c1-3-13-22(15-16-9-11-18(24-2)12-10-16)20(23)14-19(21)17-7-5-4-6-8-17;/h3-12,19H,1,13-15,21H2,2H3;1H. The number of nitrogens with two attached hydrogens (primary N) is 1. The lowest BCUT2D eigenvalue weighted by Crippen LogP contribution is -2.33. The number of halogens is 1. The smallest absolute Gasteiger partial charge is 0.225 e. The van der Waals surface area contributed by atoms with Crippen LogP contribution in [-0.2, 0) is 11.3 Å². The van der Waals surface area contributed by atoms with Crippen molar-refractivity contribution in [2.75, 3.05) is 13.7 Å². The minimum absolute atomic E-state index is 0. The highest BCUT2D eigenvalue weighted by Crippen LogP contribution is 2.17. The number of nitrogens with zero attached hydrogens (tertiary/aromatic N) is 1. The van der Waals surface area contributed by atoms with Crippen LogP contribution < -0.4 is 10.5 Å². The Hall–Kier alpha value is -2.30. The maximum Gasteiger partial charge on any atom is 0.225 e. The zero-order valence-electron chi connectivity index (χ0n) is 14.4. The van der Waals surface area contributed by atoms with E-state index in [1.165, 1.54) is 0 Å². The van der Waals surface area contributed by atoms with E-state index in [1.54, 1.807) is 18.1 Å². The van der Waals surface area contributed by atoms with E-state index in [9.17, 15) is 4.79 Å². The summed E-state index contributed by atoms with van der Waals surface area (Å²) >= 11 is 0. The molecule has 0 fully saturated rings. The number of methoxy groups -OCH3 is 1. The fraction of sp³-hybridized carbons (Fsp3) is 0.250. The molecule has 1 atom stereocenters. The van der Waals surface area contributed by atoms with Crippen LogP contribution in [0, 0.1) is 0 Å². The first kappa shape index (κ1) is 20.7. The van der Waals surface area contributed by atoms with Crippen molar-refractivity contribution < 1.29 is 9.53 Å². The van der Waals surface area contributed by atoms with Crippen LogP contribution in [0.5, 0.6) is 5.75 Å². The second-order valence-electron chi connectivity index (χ2n) is 5.63. The van der Waals surface area contributed by atoms with Gasteiger partial charge in [0.2, 0.25) is 5.91 Å². The van der Waals surface area contributed by atoms with Gasteiger partial charge in [-0.1, -0.05) is 48.5 Å². The lowest BCUT2D eigenvalue weighted by Gasteiger charge is -2.23. The number of benzene rings is 2. The Bertz CT molecular complexity index is 659. The molecule has 0 aliphatic rings. The summed E-state index contributed by atoms with van der Waals surface area (Å²) in [4.78, 5) is 14.4. The van der Waals surface area contributed by atoms with Crippen LogP contribution in [0.2, 0.25) is 0 Å². The molecule has 134 valence electrons. The quantitative estimate of drug-likeness (QED) is 0.730. The molecular formula is C20H25ClN2O2. The number of carbonyl (C=O) groups is 1. The predicted octanol–water partition coefficient (Wildman–Crippen LogP) is 3.72. The third-order valence-electron chi connectivity index (χ3n) is 3.86. The Morgan fingerprint density at radius 2 is 1.84 bits per heavy atom. The third kappa shape index (κ3) is 6.25. The van der Waals surface area contributed by atoms with Gasteiger partial charge in [0, 0.05) is 25.6 Å². The second-order valence-corrected chi connectivity index (χ2v) is 5.63. The fourth-order valence-corrected chi connectivity index (χ4v) is 2.50. The number of hydrogen-bond acceptors (Lipinski definition) is 3. The predicted molar refractivity (Wildman–Crippen MR) is 104 cm³/mol. The van der Waals surface area contributed by atoms with Crippen LogP contribution in [0.4, 0.5) is 0 Å². The fourth-order valence-electron chi connectivity index (χ4n) is 2.50. The van der Waals surface area contributed by atoms with Gasteiger partial charge >= 0.3 is 0 Å². The van der Waals surface area contributed by atoms with Gasteiger partial charge in [0.15, 0.2) is 0 Å². The van der Waals surface area contributed by atoms with Crippen molar-refractivity contribution in [3.8, 4) is 5.75 Å². The average Bonchev–Trinajstić information content (AvgIpc) is 2.62. The third-order valence-corrected chi connectivity index (χ3v) is 3.86. The molecule has 4 nitrogen and oxygen atoms in total. The Morgan fingerprint density at radius 1 is 1.20 bits per heavy atom. The first-order chi connectivity index (χ1) is 11.6. The van der Waals surface area contributed by atoms with Crippen LogP contribution in [0.15, 0.2) is 67.3 Å². The zero-order valence-corrected chi connectivity index (χ0v) is 15.2. The molecule has 1 unspecified atom stereocenters. The van der Waals surface area contributed by atoms with Gasteiger partial charge in [-0.15, -0.1) is 19.0 Å². The van der Waals surface area contributed by atoms with Crippen LogP contribution >= 0.6 is 12.4 Å². The van der Waals surface area contributed by atoms with E-state index in [0.717, 1.165) is 16.9 Å². The highest BCUT2D eigenvalue weighted by Gasteiger charge is 2.17. The van der Waals surface area contributed by atoms with Gasteiger partial charge < -0.3 is 15.4 Å². The minimum Gasteiger partial charge on any atom is -0.497 e. The monoisotopic (exact) mass is 360 g/mol. The van der Waals surface area contributed by atoms with E-state index in [-0.39, 0.29) is 30.8 Å². The molecule has 2 aromatic rings. The number of rotatable bonds is 8. The van der Waals surface area contributed by atoms with Crippen molar-refractivity contribution in [3.05, 3.63) is 78.4 Å². The summed E-state index contributed by atoms with van der Waals surface area (Å²) in [5.41, 5.74) is 8.18. The van der Waals surface area contributed by atoms with Crippen molar-refractivity contribution in [3.63, 3.8) is 0 Å². The topological polar surface area (TPSA) is 55.6 Å². The van der Waals surface area contributed by atoms with Gasteiger partial charge in [0.05, 0.1) is 7.11 Å². The minimum atomic E-state index is -0.304. The van der Waals surface area contributed by atoms with E-state index >= 15 is 0 Å². The lowest BCUT2D eigenvalue weighted by molar-refractivity contribution is -0.131. The largest absolute Gasteiger partial charge is 0.497 e. The summed E-state index contributed by atoms with van der Waals surface area (Å²) in [5, 5.41) is 0. The molecule has 1 amide bonds. The van der Waals surface area contributed by atoms with E-state index in [0.29, 0.717) is 13.1 Å². The highest BCUT2D eigenvalue weighted by atomic mass is 35.5. The Kier molecular flexibility index (Phi) is 8.75. The van der Waals surface area contributed by atoms with Gasteiger partial charge in [0.1, 0.15) is 5.75 Å². The highest BCUT2D eigenvalue weighted by molar-refractivity contribution is 5.85. The van der Waals surface area contributed by atoms with Crippen LogP contribution in [0.3, 0.4) is 0 Å². The Labute approximate surface area is 155 Å². The Morgan fingerprint density at radius 3 is 2.40 bits per heavy atom. The molecule has 5 heteroatoms. The van der Waals surface area contributed by atoms with E-state index < -0.39 is 0 Å².